The number of carbonyl (C=O) groups excluding carboxylic acids is 1. The molecule has 0 aliphatic heterocycles. The molecular weight excluding hydrogens is 340 g/mol. The standard InChI is InChI=1S/C21H26N4O2/c1-4-25(5-2)19-13-11-18(12-14-19)23-24-20(16(3)26)21(27)22-15-17-9-7-6-8-10-17/h6-14,26H,4-5,15H2,1-3H3,(H,22,27). The topological polar surface area (TPSA) is 77.3 Å². The third kappa shape index (κ3) is 5.95. The van der Waals surface area contributed by atoms with Gasteiger partial charge in [-0.3, -0.25) is 4.79 Å². The molecule has 27 heavy (non-hydrogen) atoms. The fraction of sp³-hybridized carbons (Fsp3) is 0.286. The van der Waals surface area contributed by atoms with Crippen LogP contribution in [0.2, 0.25) is 0 Å². The molecule has 6 nitrogen and oxygen atoms in total. The first kappa shape index (κ1) is 20.2. The molecule has 2 N–H and O–H groups in total. The van der Waals surface area contributed by atoms with Gasteiger partial charge in [-0.25, -0.2) is 0 Å². The molecule has 2 aromatic rings. The average Bonchev–Trinajstić information content (AvgIpc) is 2.69. The molecule has 2 aromatic carbocycles. The van der Waals surface area contributed by atoms with Gasteiger partial charge in [-0.2, -0.15) is 5.11 Å². The molecule has 1 amide bonds. The Labute approximate surface area is 160 Å². The van der Waals surface area contributed by atoms with Crippen molar-refractivity contribution in [3.63, 3.8) is 0 Å². The maximum absolute atomic E-state index is 12.3. The van der Waals surface area contributed by atoms with Crippen molar-refractivity contribution >= 4 is 17.3 Å². The second kappa shape index (κ2) is 10.1. The van der Waals surface area contributed by atoms with E-state index in [4.69, 9.17) is 0 Å². The van der Waals surface area contributed by atoms with E-state index in [1.54, 1.807) is 0 Å². The molecule has 0 unspecified atom stereocenters. The highest BCUT2D eigenvalue weighted by Crippen LogP contribution is 2.21. The molecular formula is C21H26N4O2. The fourth-order valence-electron chi connectivity index (χ4n) is 2.57. The van der Waals surface area contributed by atoms with Gasteiger partial charge in [0.1, 0.15) is 5.76 Å². The summed E-state index contributed by atoms with van der Waals surface area (Å²) in [5, 5.41) is 20.6. The molecule has 0 fully saturated rings. The highest BCUT2D eigenvalue weighted by atomic mass is 16.3. The van der Waals surface area contributed by atoms with Crippen LogP contribution in [0, 0.1) is 0 Å². The summed E-state index contributed by atoms with van der Waals surface area (Å²) in [6.07, 6.45) is 0. The zero-order valence-corrected chi connectivity index (χ0v) is 16.0. The monoisotopic (exact) mass is 366 g/mol. The third-order valence-corrected chi connectivity index (χ3v) is 4.10. The Kier molecular flexibility index (Phi) is 7.55. The molecule has 0 saturated carbocycles. The van der Waals surface area contributed by atoms with Gasteiger partial charge in [0, 0.05) is 25.3 Å². The summed E-state index contributed by atoms with van der Waals surface area (Å²) < 4.78 is 0. The summed E-state index contributed by atoms with van der Waals surface area (Å²) in [5.74, 6) is -0.647. The molecule has 0 bridgehead atoms. The number of aliphatic hydroxyl groups excluding tert-OH is 1. The summed E-state index contributed by atoms with van der Waals surface area (Å²) in [4.78, 5) is 14.5. The van der Waals surface area contributed by atoms with E-state index in [1.807, 2.05) is 54.6 Å². The first-order valence-electron chi connectivity index (χ1n) is 9.03. The van der Waals surface area contributed by atoms with Gasteiger partial charge in [0.2, 0.25) is 0 Å². The number of hydrogen-bond donors (Lipinski definition) is 2. The highest BCUT2D eigenvalue weighted by molar-refractivity contribution is 5.93. The molecule has 0 spiro atoms. The van der Waals surface area contributed by atoms with Gasteiger partial charge < -0.3 is 15.3 Å². The summed E-state index contributed by atoms with van der Waals surface area (Å²) in [7, 11) is 0. The molecule has 0 saturated heterocycles. The van der Waals surface area contributed by atoms with Gasteiger partial charge in [-0.1, -0.05) is 30.3 Å². The minimum Gasteiger partial charge on any atom is -0.510 e. The highest BCUT2D eigenvalue weighted by Gasteiger charge is 2.12. The van der Waals surface area contributed by atoms with Crippen LogP contribution in [0.25, 0.3) is 0 Å². The molecule has 0 atom stereocenters. The lowest BCUT2D eigenvalue weighted by molar-refractivity contribution is -0.117. The van der Waals surface area contributed by atoms with Gasteiger partial charge in [-0.05, 0) is 50.6 Å². The van der Waals surface area contributed by atoms with E-state index in [1.165, 1.54) is 6.92 Å². The first-order valence-corrected chi connectivity index (χ1v) is 9.03. The maximum Gasteiger partial charge on any atom is 0.275 e. The number of nitrogens with one attached hydrogen (secondary N) is 1. The molecule has 0 aliphatic rings. The molecule has 6 heteroatoms. The van der Waals surface area contributed by atoms with Crippen LogP contribution in [0.5, 0.6) is 0 Å². The first-order chi connectivity index (χ1) is 13.0. The number of allylic oxidation sites excluding steroid dienone is 1. The van der Waals surface area contributed by atoms with Crippen LogP contribution in [0.1, 0.15) is 26.3 Å². The van der Waals surface area contributed by atoms with Crippen molar-refractivity contribution in [2.75, 3.05) is 18.0 Å². The molecule has 0 aromatic heterocycles. The maximum atomic E-state index is 12.3. The van der Waals surface area contributed by atoms with Crippen molar-refractivity contribution in [2.24, 2.45) is 10.2 Å². The normalized spacial score (nSPS) is 12.0. The van der Waals surface area contributed by atoms with E-state index in [9.17, 15) is 9.90 Å². The summed E-state index contributed by atoms with van der Waals surface area (Å²) >= 11 is 0. The lowest BCUT2D eigenvalue weighted by atomic mass is 10.2. The average molecular weight is 366 g/mol. The van der Waals surface area contributed by atoms with Crippen LogP contribution in [-0.4, -0.2) is 24.1 Å². The second-order valence-electron chi connectivity index (χ2n) is 5.99. The van der Waals surface area contributed by atoms with Crippen molar-refractivity contribution in [3.05, 3.63) is 71.6 Å². The molecule has 0 aliphatic carbocycles. The molecule has 0 radical (unpaired) electrons. The molecule has 142 valence electrons. The van der Waals surface area contributed by atoms with Gasteiger partial charge in [-0.15, -0.1) is 5.11 Å². The zero-order valence-electron chi connectivity index (χ0n) is 16.0. The zero-order chi connectivity index (χ0) is 19.6. The van der Waals surface area contributed by atoms with Crippen LogP contribution in [0.3, 0.4) is 0 Å². The van der Waals surface area contributed by atoms with Crippen molar-refractivity contribution in [1.82, 2.24) is 5.32 Å². The van der Waals surface area contributed by atoms with Gasteiger partial charge >= 0.3 is 0 Å². The van der Waals surface area contributed by atoms with E-state index in [2.05, 4.69) is 34.3 Å². The number of nitrogens with zero attached hydrogens (tertiary/aromatic N) is 3. The van der Waals surface area contributed by atoms with E-state index in [0.29, 0.717) is 12.2 Å². The lowest BCUT2D eigenvalue weighted by Gasteiger charge is -2.20. The van der Waals surface area contributed by atoms with Crippen molar-refractivity contribution in [1.29, 1.82) is 0 Å². The largest absolute Gasteiger partial charge is 0.510 e. The van der Waals surface area contributed by atoms with Crippen LogP contribution in [0.15, 0.2) is 76.3 Å². The third-order valence-electron chi connectivity index (χ3n) is 4.10. The Hall–Kier alpha value is -3.15. The number of azo groups is 1. The Bertz CT molecular complexity index is 791. The van der Waals surface area contributed by atoms with Gasteiger partial charge in [0.15, 0.2) is 5.70 Å². The van der Waals surface area contributed by atoms with Crippen LogP contribution >= 0.6 is 0 Å². The number of anilines is 1. The minimum atomic E-state index is -0.470. The smallest absolute Gasteiger partial charge is 0.275 e. The van der Waals surface area contributed by atoms with Crippen molar-refractivity contribution in [3.8, 4) is 0 Å². The van der Waals surface area contributed by atoms with Gasteiger partial charge in [0.05, 0.1) is 5.69 Å². The van der Waals surface area contributed by atoms with E-state index < -0.39 is 5.91 Å². The quantitative estimate of drug-likeness (QED) is 0.403. The summed E-state index contributed by atoms with van der Waals surface area (Å²) in [5.41, 5.74) is 2.58. The number of carbonyl (C=O) groups is 1. The van der Waals surface area contributed by atoms with E-state index in [0.717, 1.165) is 24.3 Å². The lowest BCUT2D eigenvalue weighted by Crippen LogP contribution is -2.24. The number of benzene rings is 2. The molecule has 2 rings (SSSR count). The second-order valence-corrected chi connectivity index (χ2v) is 5.99. The minimum absolute atomic E-state index is 0.0984. The van der Waals surface area contributed by atoms with Crippen LogP contribution in [0.4, 0.5) is 11.4 Å². The van der Waals surface area contributed by atoms with Gasteiger partial charge in [0.25, 0.3) is 5.91 Å². The summed E-state index contributed by atoms with van der Waals surface area (Å²) in [6.45, 7) is 7.83. The number of rotatable bonds is 8. The van der Waals surface area contributed by atoms with Crippen molar-refractivity contribution < 1.29 is 9.90 Å². The van der Waals surface area contributed by atoms with E-state index in [-0.39, 0.29) is 11.5 Å². The molecule has 0 heterocycles. The summed E-state index contributed by atoms with van der Waals surface area (Å²) in [6, 6.07) is 17.1. The number of aliphatic hydroxyl groups is 1. The van der Waals surface area contributed by atoms with Crippen LogP contribution in [-0.2, 0) is 11.3 Å². The Morgan fingerprint density at radius 3 is 2.22 bits per heavy atom. The van der Waals surface area contributed by atoms with E-state index >= 15 is 0 Å². The fourth-order valence-corrected chi connectivity index (χ4v) is 2.57. The Balaban J connectivity index is 2.05. The number of hydrogen-bond acceptors (Lipinski definition) is 5. The Morgan fingerprint density at radius 1 is 1.04 bits per heavy atom. The SMILES string of the molecule is CCN(CC)c1ccc(N=NC(C(=O)NCc2ccccc2)=C(C)O)cc1. The number of amides is 1. The van der Waals surface area contributed by atoms with Crippen LogP contribution < -0.4 is 10.2 Å². The Morgan fingerprint density at radius 2 is 1.67 bits per heavy atom. The predicted octanol–water partition coefficient (Wildman–Crippen LogP) is 4.72. The van der Waals surface area contributed by atoms with Crippen molar-refractivity contribution in [2.45, 2.75) is 27.3 Å². The predicted molar refractivity (Wildman–Crippen MR) is 108 cm³/mol.